The Morgan fingerprint density at radius 3 is 2.92 bits per heavy atom. The highest BCUT2D eigenvalue weighted by Crippen LogP contribution is 2.16. The van der Waals surface area contributed by atoms with Gasteiger partial charge in [-0.1, -0.05) is 0 Å². The van der Waals surface area contributed by atoms with Crippen molar-refractivity contribution in [2.45, 2.75) is 13.5 Å². The average molecular weight is 426 g/mol. The van der Waals surface area contributed by atoms with Crippen molar-refractivity contribution in [2.75, 3.05) is 57.9 Å². The summed E-state index contributed by atoms with van der Waals surface area (Å²) in [5.74, 6) is 0.331. The number of aromatic nitrogens is 3. The standard InChI is InChI=1S/C17H24BrN5O3/c1-2-25-10-7-23-14-11-13(18)12-20-15(14)21-16(17(23)24)19-3-4-22-5-8-26-9-6-22/h11-12H,2-10H2,1H3,(H,19,20,21). The topological polar surface area (TPSA) is 81.5 Å². The summed E-state index contributed by atoms with van der Waals surface area (Å²) in [4.78, 5) is 24.0. The van der Waals surface area contributed by atoms with Crippen molar-refractivity contribution in [1.29, 1.82) is 0 Å². The minimum Gasteiger partial charge on any atom is -0.380 e. The summed E-state index contributed by atoms with van der Waals surface area (Å²) in [7, 11) is 0. The van der Waals surface area contributed by atoms with Crippen LogP contribution in [0.3, 0.4) is 0 Å². The molecule has 8 nitrogen and oxygen atoms in total. The molecule has 1 fully saturated rings. The number of nitrogens with one attached hydrogen (secondary N) is 1. The molecular formula is C17H24BrN5O3. The van der Waals surface area contributed by atoms with E-state index in [1.807, 2.05) is 13.0 Å². The van der Waals surface area contributed by atoms with E-state index in [2.05, 4.69) is 36.1 Å². The first kappa shape index (κ1) is 19.2. The molecule has 1 aliphatic rings. The molecule has 142 valence electrons. The fraction of sp³-hybridized carbons (Fsp3) is 0.588. The van der Waals surface area contributed by atoms with Crippen LogP contribution in [0.15, 0.2) is 21.5 Å². The zero-order valence-electron chi connectivity index (χ0n) is 14.9. The predicted molar refractivity (Wildman–Crippen MR) is 104 cm³/mol. The molecule has 0 unspecified atom stereocenters. The summed E-state index contributed by atoms with van der Waals surface area (Å²) in [6.07, 6.45) is 1.68. The lowest BCUT2D eigenvalue weighted by Gasteiger charge is -2.26. The van der Waals surface area contributed by atoms with Crippen LogP contribution < -0.4 is 10.9 Å². The van der Waals surface area contributed by atoms with Gasteiger partial charge in [0, 0.05) is 50.0 Å². The summed E-state index contributed by atoms with van der Waals surface area (Å²) in [6, 6.07) is 1.86. The monoisotopic (exact) mass is 425 g/mol. The van der Waals surface area contributed by atoms with Crippen LogP contribution in [0.1, 0.15) is 6.92 Å². The molecule has 0 bridgehead atoms. The second kappa shape index (κ2) is 9.40. The SMILES string of the molecule is CCOCCn1c(=O)c(NCCN2CCOCC2)nc2ncc(Br)cc21. The predicted octanol–water partition coefficient (Wildman–Crippen LogP) is 1.33. The van der Waals surface area contributed by atoms with Crippen molar-refractivity contribution in [3.8, 4) is 0 Å². The van der Waals surface area contributed by atoms with Gasteiger partial charge in [-0.15, -0.1) is 0 Å². The van der Waals surface area contributed by atoms with Crippen molar-refractivity contribution in [3.63, 3.8) is 0 Å². The molecule has 0 aliphatic carbocycles. The first-order valence-electron chi connectivity index (χ1n) is 8.87. The number of halogens is 1. The van der Waals surface area contributed by atoms with E-state index in [4.69, 9.17) is 9.47 Å². The molecule has 26 heavy (non-hydrogen) atoms. The van der Waals surface area contributed by atoms with E-state index < -0.39 is 0 Å². The number of fused-ring (bicyclic) bond motifs is 1. The normalized spacial score (nSPS) is 15.5. The van der Waals surface area contributed by atoms with E-state index >= 15 is 0 Å². The van der Waals surface area contributed by atoms with E-state index in [0.717, 1.165) is 37.3 Å². The largest absolute Gasteiger partial charge is 0.380 e. The van der Waals surface area contributed by atoms with E-state index in [0.29, 0.717) is 43.3 Å². The van der Waals surface area contributed by atoms with Crippen LogP contribution in [0.25, 0.3) is 11.2 Å². The van der Waals surface area contributed by atoms with E-state index in [1.54, 1.807) is 10.8 Å². The Morgan fingerprint density at radius 2 is 2.15 bits per heavy atom. The number of ether oxygens (including phenoxy) is 2. The Morgan fingerprint density at radius 1 is 1.35 bits per heavy atom. The van der Waals surface area contributed by atoms with E-state index in [1.165, 1.54) is 0 Å². The molecule has 3 rings (SSSR count). The number of pyridine rings is 1. The Hall–Kier alpha value is -1.55. The maximum atomic E-state index is 12.9. The summed E-state index contributed by atoms with van der Waals surface area (Å²) >= 11 is 3.41. The second-order valence-corrected chi connectivity index (χ2v) is 6.91. The Balaban J connectivity index is 1.79. The molecule has 3 heterocycles. The zero-order chi connectivity index (χ0) is 18.4. The summed E-state index contributed by atoms with van der Waals surface area (Å²) < 4.78 is 13.3. The Kier molecular flexibility index (Phi) is 6.95. The number of nitrogens with zero attached hydrogens (tertiary/aromatic N) is 4. The fourth-order valence-corrected chi connectivity index (χ4v) is 3.21. The van der Waals surface area contributed by atoms with Crippen LogP contribution in [-0.2, 0) is 16.0 Å². The van der Waals surface area contributed by atoms with Gasteiger partial charge >= 0.3 is 0 Å². The molecule has 0 saturated carbocycles. The van der Waals surface area contributed by atoms with Crippen LogP contribution in [0.5, 0.6) is 0 Å². The minimum absolute atomic E-state index is 0.154. The van der Waals surface area contributed by atoms with Crippen LogP contribution in [0.2, 0.25) is 0 Å². The van der Waals surface area contributed by atoms with Crippen LogP contribution in [0.4, 0.5) is 5.82 Å². The van der Waals surface area contributed by atoms with Crippen molar-refractivity contribution >= 4 is 32.9 Å². The van der Waals surface area contributed by atoms with Gasteiger partial charge in [0.25, 0.3) is 5.56 Å². The molecule has 1 saturated heterocycles. The summed E-state index contributed by atoms with van der Waals surface area (Å²) in [5.41, 5.74) is 1.08. The minimum atomic E-state index is -0.154. The van der Waals surface area contributed by atoms with E-state index in [9.17, 15) is 4.79 Å². The summed E-state index contributed by atoms with van der Waals surface area (Å²) in [5, 5.41) is 3.18. The van der Waals surface area contributed by atoms with Gasteiger partial charge in [0.1, 0.15) is 0 Å². The zero-order valence-corrected chi connectivity index (χ0v) is 16.5. The molecular weight excluding hydrogens is 402 g/mol. The number of rotatable bonds is 8. The van der Waals surface area contributed by atoms with Crippen molar-refractivity contribution in [2.24, 2.45) is 0 Å². The van der Waals surface area contributed by atoms with Crippen molar-refractivity contribution in [3.05, 3.63) is 27.1 Å². The van der Waals surface area contributed by atoms with Gasteiger partial charge < -0.3 is 14.8 Å². The molecule has 0 atom stereocenters. The molecule has 9 heteroatoms. The highest BCUT2D eigenvalue weighted by atomic mass is 79.9. The number of hydrogen-bond donors (Lipinski definition) is 1. The van der Waals surface area contributed by atoms with Gasteiger partial charge in [-0.05, 0) is 28.9 Å². The van der Waals surface area contributed by atoms with Crippen LogP contribution in [0, 0.1) is 0 Å². The van der Waals surface area contributed by atoms with Crippen LogP contribution in [-0.4, -0.2) is 72.0 Å². The lowest BCUT2D eigenvalue weighted by Crippen LogP contribution is -2.39. The molecule has 0 radical (unpaired) electrons. The second-order valence-electron chi connectivity index (χ2n) is 5.99. The molecule has 0 aromatic carbocycles. The molecule has 0 amide bonds. The molecule has 2 aromatic rings. The molecule has 1 N–H and O–H groups in total. The highest BCUT2D eigenvalue weighted by molar-refractivity contribution is 9.10. The fourth-order valence-electron chi connectivity index (χ4n) is 2.89. The van der Waals surface area contributed by atoms with Crippen molar-refractivity contribution < 1.29 is 9.47 Å². The third-order valence-corrected chi connectivity index (χ3v) is 4.69. The maximum absolute atomic E-state index is 12.9. The number of hydrogen-bond acceptors (Lipinski definition) is 7. The number of morpholine rings is 1. The highest BCUT2D eigenvalue weighted by Gasteiger charge is 2.14. The molecule has 2 aromatic heterocycles. The van der Waals surface area contributed by atoms with Gasteiger partial charge in [-0.3, -0.25) is 14.3 Å². The summed E-state index contributed by atoms with van der Waals surface area (Å²) in [6.45, 7) is 8.33. The van der Waals surface area contributed by atoms with Gasteiger partial charge in [-0.25, -0.2) is 9.97 Å². The van der Waals surface area contributed by atoms with Gasteiger partial charge in [-0.2, -0.15) is 0 Å². The Labute approximate surface area is 160 Å². The van der Waals surface area contributed by atoms with Gasteiger partial charge in [0.05, 0.1) is 25.3 Å². The number of anilines is 1. The van der Waals surface area contributed by atoms with Crippen molar-refractivity contribution in [1.82, 2.24) is 19.4 Å². The van der Waals surface area contributed by atoms with E-state index in [-0.39, 0.29) is 5.56 Å². The first-order chi connectivity index (χ1) is 12.7. The third-order valence-electron chi connectivity index (χ3n) is 4.26. The lowest BCUT2D eigenvalue weighted by molar-refractivity contribution is 0.0398. The lowest BCUT2D eigenvalue weighted by atomic mass is 10.3. The van der Waals surface area contributed by atoms with Gasteiger partial charge in [0.2, 0.25) is 0 Å². The average Bonchev–Trinajstić information content (AvgIpc) is 2.65. The van der Waals surface area contributed by atoms with Gasteiger partial charge in [0.15, 0.2) is 11.5 Å². The Bertz CT molecular complexity index is 792. The molecule has 1 aliphatic heterocycles. The molecule has 0 spiro atoms. The third kappa shape index (κ3) is 4.79. The quantitative estimate of drug-likeness (QED) is 0.638. The maximum Gasteiger partial charge on any atom is 0.293 e. The smallest absolute Gasteiger partial charge is 0.293 e. The first-order valence-corrected chi connectivity index (χ1v) is 9.66. The van der Waals surface area contributed by atoms with Crippen LogP contribution >= 0.6 is 15.9 Å².